The summed E-state index contributed by atoms with van der Waals surface area (Å²) in [7, 11) is 0. The Morgan fingerprint density at radius 2 is 2.18 bits per heavy atom. The molecule has 0 spiro atoms. The molecule has 2 N–H and O–H groups in total. The van der Waals surface area contributed by atoms with E-state index in [0.29, 0.717) is 18.5 Å². The molecule has 0 unspecified atom stereocenters. The van der Waals surface area contributed by atoms with Crippen LogP contribution in [0.15, 0.2) is 18.2 Å². The molecule has 0 radical (unpaired) electrons. The predicted octanol–water partition coefficient (Wildman–Crippen LogP) is 1.64. The first-order chi connectivity index (χ1) is 5.24. The fourth-order valence-corrected chi connectivity index (χ4v) is 1.05. The third kappa shape index (κ3) is 2.02. The lowest BCUT2D eigenvalue weighted by Crippen LogP contribution is -2.04. The van der Waals surface area contributed by atoms with E-state index in [2.05, 4.69) is 0 Å². The first kappa shape index (κ1) is 8.21. The Labute approximate surface area is 66.0 Å². The fourth-order valence-electron chi connectivity index (χ4n) is 1.05. The largest absolute Gasteiger partial charge is 0.330 e. The number of hydrogen-bond donors (Lipinski definition) is 1. The molecule has 0 amide bonds. The van der Waals surface area contributed by atoms with Crippen molar-refractivity contribution in [2.24, 2.45) is 5.73 Å². The Hall–Kier alpha value is -0.890. The Morgan fingerprint density at radius 3 is 2.82 bits per heavy atom. The average Bonchev–Trinajstić information content (AvgIpc) is 1.98. The lowest BCUT2D eigenvalue weighted by Gasteiger charge is -2.01. The van der Waals surface area contributed by atoms with Crippen LogP contribution >= 0.6 is 0 Å². The average molecular weight is 153 g/mol. The third-order valence-electron chi connectivity index (χ3n) is 1.61. The zero-order valence-corrected chi connectivity index (χ0v) is 6.60. The number of halogens is 1. The lowest BCUT2D eigenvalue weighted by molar-refractivity contribution is 0.609. The molecule has 0 aliphatic heterocycles. The molecule has 1 rings (SSSR count). The summed E-state index contributed by atoms with van der Waals surface area (Å²) in [5.74, 6) is -0.152. The van der Waals surface area contributed by atoms with Crippen LogP contribution in [-0.2, 0) is 6.42 Å². The maximum atomic E-state index is 12.9. The van der Waals surface area contributed by atoms with Gasteiger partial charge in [-0.1, -0.05) is 17.7 Å². The van der Waals surface area contributed by atoms with Crippen molar-refractivity contribution in [2.75, 3.05) is 6.54 Å². The van der Waals surface area contributed by atoms with Crippen LogP contribution in [0.4, 0.5) is 4.39 Å². The van der Waals surface area contributed by atoms with Crippen LogP contribution in [-0.4, -0.2) is 6.54 Å². The smallest absolute Gasteiger partial charge is 0.126 e. The van der Waals surface area contributed by atoms with Crippen molar-refractivity contribution in [3.8, 4) is 0 Å². The van der Waals surface area contributed by atoms with Crippen molar-refractivity contribution in [1.29, 1.82) is 0 Å². The maximum Gasteiger partial charge on any atom is 0.126 e. The monoisotopic (exact) mass is 153 g/mol. The Kier molecular flexibility index (Phi) is 2.60. The van der Waals surface area contributed by atoms with Crippen LogP contribution in [0.25, 0.3) is 0 Å². The quantitative estimate of drug-likeness (QED) is 0.686. The molecule has 0 atom stereocenters. The molecule has 1 nitrogen and oxygen atoms in total. The molecule has 0 aliphatic rings. The van der Waals surface area contributed by atoms with Gasteiger partial charge in [0.15, 0.2) is 0 Å². The molecular weight excluding hydrogens is 141 g/mol. The van der Waals surface area contributed by atoms with Gasteiger partial charge in [-0.05, 0) is 31.5 Å². The van der Waals surface area contributed by atoms with Gasteiger partial charge >= 0.3 is 0 Å². The topological polar surface area (TPSA) is 26.0 Å². The number of benzene rings is 1. The van der Waals surface area contributed by atoms with Gasteiger partial charge in [-0.2, -0.15) is 0 Å². The van der Waals surface area contributed by atoms with Crippen molar-refractivity contribution in [3.63, 3.8) is 0 Å². The molecule has 0 saturated carbocycles. The second-order valence-corrected chi connectivity index (χ2v) is 2.63. The summed E-state index contributed by atoms with van der Waals surface area (Å²) in [5, 5.41) is 0. The van der Waals surface area contributed by atoms with E-state index < -0.39 is 0 Å². The van der Waals surface area contributed by atoms with Crippen LogP contribution < -0.4 is 5.73 Å². The van der Waals surface area contributed by atoms with Gasteiger partial charge in [0.1, 0.15) is 5.82 Å². The van der Waals surface area contributed by atoms with E-state index in [9.17, 15) is 4.39 Å². The summed E-state index contributed by atoms with van der Waals surface area (Å²) in [6.45, 7) is 2.44. The van der Waals surface area contributed by atoms with Gasteiger partial charge < -0.3 is 5.73 Å². The Balaban J connectivity index is 2.93. The summed E-state index contributed by atoms with van der Waals surface area (Å²) in [4.78, 5) is 0. The maximum absolute atomic E-state index is 12.9. The zero-order chi connectivity index (χ0) is 8.27. The summed E-state index contributed by atoms with van der Waals surface area (Å²) in [5.41, 5.74) is 7.11. The van der Waals surface area contributed by atoms with Crippen molar-refractivity contribution < 1.29 is 4.39 Å². The van der Waals surface area contributed by atoms with Gasteiger partial charge in [0.25, 0.3) is 0 Å². The number of hydrogen-bond acceptors (Lipinski definition) is 1. The van der Waals surface area contributed by atoms with Crippen molar-refractivity contribution in [1.82, 2.24) is 0 Å². The van der Waals surface area contributed by atoms with Gasteiger partial charge in [-0.3, -0.25) is 0 Å². The highest BCUT2D eigenvalue weighted by Gasteiger charge is 1.99. The molecule has 0 aliphatic carbocycles. The lowest BCUT2D eigenvalue weighted by atomic mass is 10.1. The van der Waals surface area contributed by atoms with E-state index in [1.165, 1.54) is 6.07 Å². The first-order valence-electron chi connectivity index (χ1n) is 3.69. The Bertz CT molecular complexity index is 245. The highest BCUT2D eigenvalue weighted by molar-refractivity contribution is 5.24. The second-order valence-electron chi connectivity index (χ2n) is 2.63. The molecule has 60 valence electrons. The summed E-state index contributed by atoms with van der Waals surface area (Å²) >= 11 is 0. The molecule has 11 heavy (non-hydrogen) atoms. The molecule has 0 fully saturated rings. The van der Waals surface area contributed by atoms with Crippen LogP contribution in [0.5, 0.6) is 0 Å². The van der Waals surface area contributed by atoms with Gasteiger partial charge in [-0.15, -0.1) is 0 Å². The van der Waals surface area contributed by atoms with E-state index in [1.807, 2.05) is 13.0 Å². The number of rotatable bonds is 2. The van der Waals surface area contributed by atoms with Gasteiger partial charge in [0, 0.05) is 0 Å². The van der Waals surface area contributed by atoms with Gasteiger partial charge in [-0.25, -0.2) is 4.39 Å². The van der Waals surface area contributed by atoms with E-state index in [4.69, 9.17) is 5.73 Å². The minimum atomic E-state index is -0.152. The predicted molar refractivity (Wildman–Crippen MR) is 43.9 cm³/mol. The Morgan fingerprint density at radius 1 is 1.45 bits per heavy atom. The van der Waals surface area contributed by atoms with Crippen molar-refractivity contribution in [2.45, 2.75) is 13.3 Å². The second kappa shape index (κ2) is 3.49. The molecule has 0 saturated heterocycles. The van der Waals surface area contributed by atoms with Gasteiger partial charge in [0.05, 0.1) is 0 Å². The molecule has 1 aromatic carbocycles. The summed E-state index contributed by atoms with van der Waals surface area (Å²) in [6, 6.07) is 5.08. The highest BCUT2D eigenvalue weighted by atomic mass is 19.1. The van der Waals surface area contributed by atoms with E-state index >= 15 is 0 Å². The minimum Gasteiger partial charge on any atom is -0.330 e. The van der Waals surface area contributed by atoms with Crippen LogP contribution in [0.2, 0.25) is 0 Å². The van der Waals surface area contributed by atoms with Crippen LogP contribution in [0, 0.1) is 12.7 Å². The van der Waals surface area contributed by atoms with Gasteiger partial charge in [0.2, 0.25) is 0 Å². The molecular formula is C9H12FN. The minimum absolute atomic E-state index is 0.152. The summed E-state index contributed by atoms with van der Waals surface area (Å²) < 4.78 is 12.9. The zero-order valence-electron chi connectivity index (χ0n) is 6.60. The molecule has 0 heterocycles. The first-order valence-corrected chi connectivity index (χ1v) is 3.69. The molecule has 0 aromatic heterocycles. The molecule has 2 heteroatoms. The van der Waals surface area contributed by atoms with E-state index in [0.717, 1.165) is 5.56 Å². The van der Waals surface area contributed by atoms with E-state index in [-0.39, 0.29) is 5.82 Å². The van der Waals surface area contributed by atoms with Crippen molar-refractivity contribution in [3.05, 3.63) is 35.1 Å². The van der Waals surface area contributed by atoms with E-state index in [1.54, 1.807) is 6.07 Å². The molecule has 0 bridgehead atoms. The summed E-state index contributed by atoms with van der Waals surface area (Å²) in [6.07, 6.45) is 0.619. The number of nitrogens with two attached hydrogens (primary N) is 1. The SMILES string of the molecule is Cc1ccc(F)c(CCN)c1. The standard InChI is InChI=1S/C9H12FN/c1-7-2-3-9(10)8(6-7)4-5-11/h2-3,6H,4-5,11H2,1H3. The van der Waals surface area contributed by atoms with Crippen LogP contribution in [0.3, 0.4) is 0 Å². The van der Waals surface area contributed by atoms with Crippen LogP contribution in [0.1, 0.15) is 11.1 Å². The third-order valence-corrected chi connectivity index (χ3v) is 1.61. The normalized spacial score (nSPS) is 10.1. The fraction of sp³-hybridized carbons (Fsp3) is 0.333. The highest BCUT2D eigenvalue weighted by Crippen LogP contribution is 2.09. The number of aryl methyl sites for hydroxylation is 1. The van der Waals surface area contributed by atoms with Crippen molar-refractivity contribution >= 4 is 0 Å². The molecule has 1 aromatic rings.